The molecule has 0 unspecified atom stereocenters. The Morgan fingerprint density at radius 2 is 2.29 bits per heavy atom. The van der Waals surface area contributed by atoms with Crippen LogP contribution in [0.4, 0.5) is 4.39 Å². The maximum atomic E-state index is 12.9. The predicted octanol–water partition coefficient (Wildman–Crippen LogP) is 1.75. The number of aromatic nitrogens is 2. The molecule has 1 aliphatic rings. The van der Waals surface area contributed by atoms with E-state index in [0.29, 0.717) is 19.3 Å². The largest absolute Gasteiger partial charge is 0.377 e. The summed E-state index contributed by atoms with van der Waals surface area (Å²) in [5.41, 5.74) is 0.972. The molecule has 0 saturated carbocycles. The second-order valence-corrected chi connectivity index (χ2v) is 3.48. The molecule has 0 spiro atoms. The Hall–Kier alpha value is -1.42. The van der Waals surface area contributed by atoms with Gasteiger partial charge in [-0.1, -0.05) is 0 Å². The topological polar surface area (TPSA) is 27.1 Å². The van der Waals surface area contributed by atoms with E-state index in [1.54, 1.807) is 12.3 Å². The van der Waals surface area contributed by atoms with Crippen LogP contribution in [0.1, 0.15) is 6.04 Å². The van der Waals surface area contributed by atoms with Gasteiger partial charge in [0.05, 0.1) is 31.0 Å². The summed E-state index contributed by atoms with van der Waals surface area (Å²) in [7, 11) is 0. The molecule has 1 fully saturated rings. The molecule has 3 rings (SSSR count). The molecule has 0 bridgehead atoms. The lowest BCUT2D eigenvalue weighted by Crippen LogP contribution is -2.31. The molecular weight excluding hydrogens is 183 g/mol. The van der Waals surface area contributed by atoms with Crippen LogP contribution in [-0.4, -0.2) is 23.0 Å². The number of hydrogen-bond donors (Lipinski definition) is 0. The third-order valence-corrected chi connectivity index (χ3v) is 2.52. The highest BCUT2D eigenvalue weighted by Crippen LogP contribution is 2.23. The average molecular weight is 192 g/mol. The van der Waals surface area contributed by atoms with Crippen molar-refractivity contribution >= 4 is 10.9 Å². The first kappa shape index (κ1) is 7.94. The molecule has 2 aromatic rings. The fourth-order valence-electron chi connectivity index (χ4n) is 1.68. The van der Waals surface area contributed by atoms with Crippen molar-refractivity contribution < 1.29 is 9.13 Å². The van der Waals surface area contributed by atoms with Gasteiger partial charge in [0, 0.05) is 5.39 Å². The molecule has 0 aliphatic carbocycles. The lowest BCUT2D eigenvalue weighted by Gasteiger charge is -2.26. The Morgan fingerprint density at radius 3 is 3.00 bits per heavy atom. The summed E-state index contributed by atoms with van der Waals surface area (Å²) < 4.78 is 19.9. The van der Waals surface area contributed by atoms with Crippen LogP contribution in [0.2, 0.25) is 0 Å². The lowest BCUT2D eigenvalue weighted by molar-refractivity contribution is -0.0266. The first-order valence-corrected chi connectivity index (χ1v) is 4.55. The van der Waals surface area contributed by atoms with Crippen LogP contribution in [0.3, 0.4) is 0 Å². The van der Waals surface area contributed by atoms with Gasteiger partial charge in [-0.2, -0.15) is 5.10 Å². The molecule has 0 amide bonds. The molecule has 0 N–H and O–H groups in total. The van der Waals surface area contributed by atoms with Gasteiger partial charge < -0.3 is 4.74 Å². The summed E-state index contributed by atoms with van der Waals surface area (Å²) in [6.07, 6.45) is 1.69. The third kappa shape index (κ3) is 1.04. The Kier molecular flexibility index (Phi) is 1.58. The zero-order valence-corrected chi connectivity index (χ0v) is 7.48. The number of hydrogen-bond acceptors (Lipinski definition) is 2. The van der Waals surface area contributed by atoms with Crippen molar-refractivity contribution in [3.05, 3.63) is 30.2 Å². The predicted molar refractivity (Wildman–Crippen MR) is 49.5 cm³/mol. The average Bonchev–Trinajstić information content (AvgIpc) is 2.45. The van der Waals surface area contributed by atoms with Crippen LogP contribution in [0, 0.1) is 5.82 Å². The van der Waals surface area contributed by atoms with Gasteiger partial charge in [0.15, 0.2) is 0 Å². The molecule has 0 atom stereocenters. The van der Waals surface area contributed by atoms with Crippen LogP contribution in [0.15, 0.2) is 24.4 Å². The van der Waals surface area contributed by atoms with E-state index in [1.165, 1.54) is 12.1 Å². The van der Waals surface area contributed by atoms with E-state index >= 15 is 0 Å². The Bertz CT molecular complexity index is 476. The Labute approximate surface area is 80.1 Å². The van der Waals surface area contributed by atoms with Gasteiger partial charge in [0.25, 0.3) is 0 Å². The molecule has 4 heteroatoms. The minimum absolute atomic E-state index is 0.220. The van der Waals surface area contributed by atoms with E-state index in [-0.39, 0.29) is 5.82 Å². The number of ether oxygens (including phenoxy) is 1. The number of benzene rings is 1. The molecule has 14 heavy (non-hydrogen) atoms. The number of halogens is 1. The summed E-state index contributed by atoms with van der Waals surface area (Å²) >= 11 is 0. The van der Waals surface area contributed by atoms with Crippen molar-refractivity contribution in [1.29, 1.82) is 0 Å². The van der Waals surface area contributed by atoms with Crippen LogP contribution < -0.4 is 0 Å². The van der Waals surface area contributed by atoms with Crippen molar-refractivity contribution in [2.45, 2.75) is 6.04 Å². The fourth-order valence-corrected chi connectivity index (χ4v) is 1.68. The van der Waals surface area contributed by atoms with Gasteiger partial charge in [-0.25, -0.2) is 4.39 Å². The highest BCUT2D eigenvalue weighted by molar-refractivity contribution is 5.78. The second kappa shape index (κ2) is 2.78. The van der Waals surface area contributed by atoms with Crippen LogP contribution in [-0.2, 0) is 4.74 Å². The van der Waals surface area contributed by atoms with E-state index in [4.69, 9.17) is 4.74 Å². The summed E-state index contributed by atoms with van der Waals surface area (Å²) in [4.78, 5) is 0. The van der Waals surface area contributed by atoms with E-state index in [2.05, 4.69) is 5.10 Å². The van der Waals surface area contributed by atoms with E-state index in [9.17, 15) is 4.39 Å². The molecule has 3 nitrogen and oxygen atoms in total. The molecule has 2 heterocycles. The van der Waals surface area contributed by atoms with Crippen molar-refractivity contribution in [2.24, 2.45) is 0 Å². The minimum Gasteiger partial charge on any atom is -0.377 e. The molecular formula is C10H9FN2O. The van der Waals surface area contributed by atoms with E-state index in [1.807, 2.05) is 4.68 Å². The fraction of sp³-hybridized carbons (Fsp3) is 0.300. The van der Waals surface area contributed by atoms with Gasteiger partial charge in [0.2, 0.25) is 0 Å². The first-order valence-electron chi connectivity index (χ1n) is 4.55. The van der Waals surface area contributed by atoms with Crippen LogP contribution in [0.5, 0.6) is 0 Å². The van der Waals surface area contributed by atoms with Crippen molar-refractivity contribution in [2.75, 3.05) is 13.2 Å². The van der Waals surface area contributed by atoms with Crippen LogP contribution >= 0.6 is 0 Å². The third-order valence-electron chi connectivity index (χ3n) is 2.52. The molecule has 1 aromatic heterocycles. The Balaban J connectivity index is 2.16. The normalized spacial score (nSPS) is 17.2. The van der Waals surface area contributed by atoms with Crippen LogP contribution in [0.25, 0.3) is 10.9 Å². The van der Waals surface area contributed by atoms with E-state index in [0.717, 1.165) is 10.9 Å². The zero-order valence-electron chi connectivity index (χ0n) is 7.48. The maximum absolute atomic E-state index is 12.9. The first-order chi connectivity index (χ1) is 6.84. The standard InChI is InChI=1S/C10H9FN2O/c11-8-1-2-10-7(3-8)4-12-13(10)9-5-14-6-9/h1-4,9H,5-6H2. The molecule has 0 radical (unpaired) electrons. The molecule has 72 valence electrons. The lowest BCUT2D eigenvalue weighted by atomic mass is 10.2. The van der Waals surface area contributed by atoms with Gasteiger partial charge >= 0.3 is 0 Å². The SMILES string of the molecule is Fc1ccc2c(cnn2C2COC2)c1. The molecule has 1 aliphatic heterocycles. The van der Waals surface area contributed by atoms with E-state index < -0.39 is 0 Å². The number of nitrogens with zero attached hydrogens (tertiary/aromatic N) is 2. The van der Waals surface area contributed by atoms with Crippen molar-refractivity contribution in [3.63, 3.8) is 0 Å². The number of fused-ring (bicyclic) bond motifs is 1. The van der Waals surface area contributed by atoms with Gasteiger partial charge in [-0.3, -0.25) is 4.68 Å². The highest BCUT2D eigenvalue weighted by atomic mass is 19.1. The Morgan fingerprint density at radius 1 is 1.43 bits per heavy atom. The van der Waals surface area contributed by atoms with Gasteiger partial charge in [-0.15, -0.1) is 0 Å². The summed E-state index contributed by atoms with van der Waals surface area (Å²) in [5, 5.41) is 5.07. The maximum Gasteiger partial charge on any atom is 0.124 e. The number of rotatable bonds is 1. The summed E-state index contributed by atoms with van der Waals surface area (Å²) in [5.74, 6) is -0.220. The zero-order chi connectivity index (χ0) is 9.54. The van der Waals surface area contributed by atoms with Crippen molar-refractivity contribution in [3.8, 4) is 0 Å². The highest BCUT2D eigenvalue weighted by Gasteiger charge is 2.22. The van der Waals surface area contributed by atoms with Gasteiger partial charge in [-0.05, 0) is 18.2 Å². The van der Waals surface area contributed by atoms with Crippen molar-refractivity contribution in [1.82, 2.24) is 9.78 Å². The molecule has 1 aromatic carbocycles. The smallest absolute Gasteiger partial charge is 0.124 e. The minimum atomic E-state index is -0.220. The molecule has 1 saturated heterocycles. The second-order valence-electron chi connectivity index (χ2n) is 3.48. The summed E-state index contributed by atoms with van der Waals surface area (Å²) in [6, 6.07) is 5.03. The van der Waals surface area contributed by atoms with Gasteiger partial charge in [0.1, 0.15) is 5.82 Å². The summed E-state index contributed by atoms with van der Waals surface area (Å²) in [6.45, 7) is 1.41. The monoisotopic (exact) mass is 192 g/mol. The quantitative estimate of drug-likeness (QED) is 0.688.